The van der Waals surface area contributed by atoms with Gasteiger partial charge >= 0.3 is 5.97 Å². The molecule has 0 aliphatic carbocycles. The first-order valence-corrected chi connectivity index (χ1v) is 12.3. The van der Waals surface area contributed by atoms with Crippen molar-refractivity contribution >= 4 is 44.0 Å². The molecule has 0 bridgehead atoms. The van der Waals surface area contributed by atoms with E-state index in [-0.39, 0.29) is 11.4 Å². The summed E-state index contributed by atoms with van der Waals surface area (Å²) in [6.45, 7) is -0.405. The van der Waals surface area contributed by atoms with Gasteiger partial charge in [-0.2, -0.15) is 9.41 Å². The minimum atomic E-state index is -3.95. The summed E-state index contributed by atoms with van der Waals surface area (Å²) in [7, 11) is -2.65. The van der Waals surface area contributed by atoms with Crippen LogP contribution in [0.3, 0.4) is 0 Å². The number of methoxy groups -OCH3 is 1. The Bertz CT molecular complexity index is 1260. The van der Waals surface area contributed by atoms with Gasteiger partial charge in [-0.05, 0) is 47.5 Å². The van der Waals surface area contributed by atoms with Crippen molar-refractivity contribution in [2.24, 2.45) is 5.10 Å². The van der Waals surface area contributed by atoms with E-state index in [0.717, 1.165) is 14.3 Å². The number of carbonyl (C=O) groups is 2. The molecule has 3 rings (SSSR count). The maximum Gasteiger partial charge on any atom is 0.337 e. The lowest BCUT2D eigenvalue weighted by molar-refractivity contribution is -0.121. The van der Waals surface area contributed by atoms with Crippen LogP contribution in [0.4, 0.5) is 0 Å². The lowest BCUT2D eigenvalue weighted by atomic mass is 10.1. The van der Waals surface area contributed by atoms with Crippen LogP contribution in [-0.4, -0.2) is 44.5 Å². The minimum absolute atomic E-state index is 0.0192. The Labute approximate surface area is 206 Å². The molecule has 3 aromatic rings. The standard InChI is InChI=1S/C24H22BrN3O5S/c1-33-24(30)20-9-7-18(8-10-20)15-26-27-23(29)17-28(16-19-5-3-2-4-6-19)34(31,32)22-13-11-21(25)12-14-22/h2-15H,16-17H2,1H3,(H,27,29)/b26-15-. The van der Waals surface area contributed by atoms with Gasteiger partial charge in [-0.25, -0.2) is 18.6 Å². The SMILES string of the molecule is COC(=O)c1ccc(/C=N\NC(=O)CN(Cc2ccccc2)S(=O)(=O)c2ccc(Br)cc2)cc1. The van der Waals surface area contributed by atoms with Gasteiger partial charge in [0.15, 0.2) is 0 Å². The summed E-state index contributed by atoms with van der Waals surface area (Å²) in [5.74, 6) is -1.05. The van der Waals surface area contributed by atoms with Crippen molar-refractivity contribution < 1.29 is 22.7 Å². The molecule has 176 valence electrons. The Morgan fingerprint density at radius 2 is 1.65 bits per heavy atom. The van der Waals surface area contributed by atoms with Crippen LogP contribution in [0.15, 0.2) is 93.3 Å². The molecule has 0 atom stereocenters. The summed E-state index contributed by atoms with van der Waals surface area (Å²) >= 11 is 3.29. The number of amides is 1. The third kappa shape index (κ3) is 6.83. The zero-order chi connectivity index (χ0) is 24.6. The first kappa shape index (κ1) is 25.3. The molecule has 1 amide bonds. The quantitative estimate of drug-likeness (QED) is 0.252. The summed E-state index contributed by atoms with van der Waals surface area (Å²) < 4.78 is 33.0. The number of halogens is 1. The number of nitrogens with one attached hydrogen (secondary N) is 1. The summed E-state index contributed by atoms with van der Waals surface area (Å²) in [5, 5.41) is 3.89. The number of hydrazone groups is 1. The zero-order valence-electron chi connectivity index (χ0n) is 18.2. The fourth-order valence-corrected chi connectivity index (χ4v) is 4.61. The lowest BCUT2D eigenvalue weighted by Gasteiger charge is -2.21. The first-order chi connectivity index (χ1) is 16.3. The minimum Gasteiger partial charge on any atom is -0.465 e. The Kier molecular flexibility index (Phi) is 8.69. The molecule has 0 fully saturated rings. The van der Waals surface area contributed by atoms with E-state index < -0.39 is 28.4 Å². The molecule has 0 unspecified atom stereocenters. The maximum atomic E-state index is 13.2. The van der Waals surface area contributed by atoms with Gasteiger partial charge in [0.1, 0.15) is 0 Å². The number of carbonyl (C=O) groups excluding carboxylic acids is 2. The highest BCUT2D eigenvalue weighted by atomic mass is 79.9. The topological polar surface area (TPSA) is 105 Å². The monoisotopic (exact) mass is 543 g/mol. The summed E-state index contributed by atoms with van der Waals surface area (Å²) in [6.07, 6.45) is 1.39. The molecule has 0 radical (unpaired) electrons. The van der Waals surface area contributed by atoms with Crippen molar-refractivity contribution in [3.05, 3.63) is 100 Å². The number of sulfonamides is 1. The fourth-order valence-electron chi connectivity index (χ4n) is 2.97. The molecule has 34 heavy (non-hydrogen) atoms. The van der Waals surface area contributed by atoms with Gasteiger partial charge in [0, 0.05) is 11.0 Å². The second kappa shape index (κ2) is 11.7. The molecular weight excluding hydrogens is 522 g/mol. The van der Waals surface area contributed by atoms with E-state index in [9.17, 15) is 18.0 Å². The molecule has 10 heteroatoms. The van der Waals surface area contributed by atoms with Gasteiger partial charge in [0.25, 0.3) is 5.91 Å². The smallest absolute Gasteiger partial charge is 0.337 e. The molecular formula is C24H22BrN3O5S. The number of hydrogen-bond donors (Lipinski definition) is 1. The highest BCUT2D eigenvalue weighted by Gasteiger charge is 2.27. The molecule has 0 aromatic heterocycles. The molecule has 0 aliphatic rings. The number of esters is 1. The third-order valence-electron chi connectivity index (χ3n) is 4.71. The molecule has 0 saturated carbocycles. The van der Waals surface area contributed by atoms with Crippen LogP contribution in [0.25, 0.3) is 0 Å². The average molecular weight is 544 g/mol. The molecule has 8 nitrogen and oxygen atoms in total. The van der Waals surface area contributed by atoms with Crippen molar-refractivity contribution in [2.45, 2.75) is 11.4 Å². The summed E-state index contributed by atoms with van der Waals surface area (Å²) in [6, 6.07) is 21.6. The second-order valence-corrected chi connectivity index (χ2v) is 9.97. The van der Waals surface area contributed by atoms with Gasteiger partial charge in [0.2, 0.25) is 10.0 Å². The van der Waals surface area contributed by atoms with Crippen LogP contribution >= 0.6 is 15.9 Å². The third-order valence-corrected chi connectivity index (χ3v) is 7.04. The Balaban J connectivity index is 1.72. The van der Waals surface area contributed by atoms with E-state index in [2.05, 4.69) is 31.2 Å². The van der Waals surface area contributed by atoms with Crippen LogP contribution in [-0.2, 0) is 26.1 Å². The molecule has 3 aromatic carbocycles. The van der Waals surface area contributed by atoms with Crippen LogP contribution in [0.1, 0.15) is 21.5 Å². The predicted octanol–water partition coefficient (Wildman–Crippen LogP) is 3.58. The van der Waals surface area contributed by atoms with Gasteiger partial charge in [0.05, 0.1) is 30.3 Å². The highest BCUT2D eigenvalue weighted by molar-refractivity contribution is 9.10. The van der Waals surface area contributed by atoms with Crippen LogP contribution in [0, 0.1) is 0 Å². The van der Waals surface area contributed by atoms with Gasteiger partial charge in [-0.15, -0.1) is 0 Å². The van der Waals surface area contributed by atoms with E-state index in [1.165, 1.54) is 25.5 Å². The van der Waals surface area contributed by atoms with Crippen molar-refractivity contribution in [3.8, 4) is 0 Å². The molecule has 0 heterocycles. The highest BCUT2D eigenvalue weighted by Crippen LogP contribution is 2.20. The van der Waals surface area contributed by atoms with E-state index in [0.29, 0.717) is 11.1 Å². The molecule has 0 spiro atoms. The second-order valence-electron chi connectivity index (χ2n) is 7.12. The van der Waals surface area contributed by atoms with Crippen LogP contribution in [0.2, 0.25) is 0 Å². The van der Waals surface area contributed by atoms with Crippen LogP contribution in [0.5, 0.6) is 0 Å². The number of ether oxygens (including phenoxy) is 1. The normalized spacial score (nSPS) is 11.5. The Morgan fingerprint density at radius 3 is 2.26 bits per heavy atom. The largest absolute Gasteiger partial charge is 0.465 e. The van der Waals surface area contributed by atoms with Crippen molar-refractivity contribution in [1.29, 1.82) is 0 Å². The van der Waals surface area contributed by atoms with Gasteiger partial charge in [-0.1, -0.05) is 58.4 Å². The van der Waals surface area contributed by atoms with E-state index in [4.69, 9.17) is 0 Å². The first-order valence-electron chi connectivity index (χ1n) is 10.1. The van der Waals surface area contributed by atoms with Gasteiger partial charge in [-0.3, -0.25) is 4.79 Å². The Morgan fingerprint density at radius 1 is 1.00 bits per heavy atom. The molecule has 0 saturated heterocycles. The fraction of sp³-hybridized carbons (Fsp3) is 0.125. The van der Waals surface area contributed by atoms with E-state index >= 15 is 0 Å². The number of rotatable bonds is 9. The van der Waals surface area contributed by atoms with Gasteiger partial charge < -0.3 is 4.74 Å². The molecule has 0 aliphatic heterocycles. The summed E-state index contributed by atoms with van der Waals surface area (Å²) in [4.78, 5) is 24.1. The lowest BCUT2D eigenvalue weighted by Crippen LogP contribution is -2.39. The Hall–Kier alpha value is -3.34. The van der Waals surface area contributed by atoms with Crippen molar-refractivity contribution in [1.82, 2.24) is 9.73 Å². The summed E-state index contributed by atoms with van der Waals surface area (Å²) in [5.41, 5.74) is 4.12. The molecule has 1 N–H and O–H groups in total. The zero-order valence-corrected chi connectivity index (χ0v) is 20.6. The van der Waals surface area contributed by atoms with Crippen molar-refractivity contribution in [3.63, 3.8) is 0 Å². The average Bonchev–Trinajstić information content (AvgIpc) is 2.84. The number of hydrogen-bond acceptors (Lipinski definition) is 6. The predicted molar refractivity (Wildman–Crippen MR) is 132 cm³/mol. The van der Waals surface area contributed by atoms with Crippen LogP contribution < -0.4 is 5.43 Å². The van der Waals surface area contributed by atoms with E-state index in [1.807, 2.05) is 6.07 Å². The maximum absolute atomic E-state index is 13.2. The number of nitrogens with zero attached hydrogens (tertiary/aromatic N) is 2. The van der Waals surface area contributed by atoms with E-state index in [1.54, 1.807) is 60.7 Å². The number of benzene rings is 3. The van der Waals surface area contributed by atoms with Crippen molar-refractivity contribution in [2.75, 3.05) is 13.7 Å².